The Kier molecular flexibility index (Phi) is 2.21. The molecule has 0 aromatic heterocycles. The van der Waals surface area contributed by atoms with Gasteiger partial charge in [0.25, 0.3) is 0 Å². The Morgan fingerprint density at radius 2 is 1.75 bits per heavy atom. The lowest BCUT2D eigenvalue weighted by Crippen LogP contribution is -2.21. The molecule has 0 amide bonds. The zero-order valence-corrected chi connectivity index (χ0v) is 8.64. The minimum atomic E-state index is -1.38. The molecule has 2 saturated heterocycles. The Balaban J connectivity index is 1.95. The summed E-state index contributed by atoms with van der Waals surface area (Å²) in [6, 6.07) is 3.03. The monoisotopic (exact) mass is 227 g/mol. The van der Waals surface area contributed by atoms with Gasteiger partial charge in [0.2, 0.25) is 0 Å². The van der Waals surface area contributed by atoms with Crippen LogP contribution in [0.3, 0.4) is 0 Å². The molecule has 4 heteroatoms. The fraction of sp³-hybridized carbons (Fsp3) is 0.500. The van der Waals surface area contributed by atoms with Gasteiger partial charge in [-0.05, 0) is 37.0 Å². The first-order chi connectivity index (χ1) is 7.65. The van der Waals surface area contributed by atoms with Crippen LogP contribution in [0.25, 0.3) is 0 Å². The van der Waals surface area contributed by atoms with Crippen molar-refractivity contribution in [3.05, 3.63) is 35.1 Å². The highest BCUT2D eigenvalue weighted by Crippen LogP contribution is 2.40. The Bertz CT molecular complexity index is 409. The van der Waals surface area contributed by atoms with E-state index in [1.54, 1.807) is 0 Å². The highest BCUT2D eigenvalue weighted by Gasteiger charge is 2.40. The predicted octanol–water partition coefficient (Wildman–Crippen LogP) is 2.71. The van der Waals surface area contributed by atoms with Crippen LogP contribution in [0.4, 0.5) is 13.2 Å². The van der Waals surface area contributed by atoms with Crippen LogP contribution in [0.15, 0.2) is 12.1 Å². The van der Waals surface area contributed by atoms with Crippen molar-refractivity contribution in [3.63, 3.8) is 0 Å². The molecule has 2 aliphatic rings. The summed E-state index contributed by atoms with van der Waals surface area (Å²) in [5.74, 6) is -3.42. The van der Waals surface area contributed by atoms with Crippen LogP contribution >= 0.6 is 0 Å². The zero-order valence-electron chi connectivity index (χ0n) is 8.64. The number of rotatable bonds is 1. The van der Waals surface area contributed by atoms with Crippen LogP contribution in [0.1, 0.15) is 30.7 Å². The minimum Gasteiger partial charge on any atom is -0.311 e. The SMILES string of the molecule is Fc1cc(C2CC3CCC2N3)cc(F)c1F. The Morgan fingerprint density at radius 1 is 1.06 bits per heavy atom. The second kappa shape index (κ2) is 3.48. The van der Waals surface area contributed by atoms with E-state index >= 15 is 0 Å². The first-order valence-electron chi connectivity index (χ1n) is 5.55. The summed E-state index contributed by atoms with van der Waals surface area (Å²) >= 11 is 0. The average Bonchev–Trinajstić information content (AvgIpc) is 2.86. The maximum atomic E-state index is 13.1. The smallest absolute Gasteiger partial charge is 0.194 e. The van der Waals surface area contributed by atoms with Gasteiger partial charge in [-0.1, -0.05) is 0 Å². The number of hydrogen-bond donors (Lipinski definition) is 1. The van der Waals surface area contributed by atoms with Gasteiger partial charge in [0.05, 0.1) is 0 Å². The number of nitrogens with one attached hydrogen (secondary N) is 1. The summed E-state index contributed by atoms with van der Waals surface area (Å²) in [6.07, 6.45) is 3.07. The van der Waals surface area contributed by atoms with Crippen molar-refractivity contribution in [2.45, 2.75) is 37.3 Å². The van der Waals surface area contributed by atoms with Crippen molar-refractivity contribution in [2.75, 3.05) is 0 Å². The van der Waals surface area contributed by atoms with Gasteiger partial charge < -0.3 is 5.32 Å². The fourth-order valence-electron chi connectivity index (χ4n) is 2.98. The Morgan fingerprint density at radius 3 is 2.25 bits per heavy atom. The van der Waals surface area contributed by atoms with Crippen molar-refractivity contribution in [2.24, 2.45) is 0 Å². The van der Waals surface area contributed by atoms with Crippen LogP contribution in [-0.2, 0) is 0 Å². The van der Waals surface area contributed by atoms with Crippen LogP contribution < -0.4 is 5.32 Å². The molecule has 1 nitrogen and oxygen atoms in total. The molecule has 1 aromatic rings. The van der Waals surface area contributed by atoms with Crippen molar-refractivity contribution < 1.29 is 13.2 Å². The van der Waals surface area contributed by atoms with E-state index in [1.165, 1.54) is 0 Å². The summed E-state index contributed by atoms with van der Waals surface area (Å²) in [4.78, 5) is 0. The van der Waals surface area contributed by atoms with Crippen molar-refractivity contribution >= 4 is 0 Å². The first kappa shape index (κ1) is 10.1. The largest absolute Gasteiger partial charge is 0.311 e. The van der Waals surface area contributed by atoms with Crippen LogP contribution in [0, 0.1) is 17.5 Å². The maximum absolute atomic E-state index is 13.1. The second-order valence-corrected chi connectivity index (χ2v) is 4.69. The highest BCUT2D eigenvalue weighted by atomic mass is 19.2. The topological polar surface area (TPSA) is 12.0 Å². The lowest BCUT2D eigenvalue weighted by molar-refractivity contribution is 0.437. The van der Waals surface area contributed by atoms with E-state index in [-0.39, 0.29) is 5.92 Å². The van der Waals surface area contributed by atoms with Crippen LogP contribution in [-0.4, -0.2) is 12.1 Å². The van der Waals surface area contributed by atoms with Gasteiger partial charge in [0.1, 0.15) is 0 Å². The third kappa shape index (κ3) is 1.44. The minimum absolute atomic E-state index is 0.128. The molecule has 0 saturated carbocycles. The van der Waals surface area contributed by atoms with Gasteiger partial charge >= 0.3 is 0 Å². The molecule has 0 spiro atoms. The number of halogens is 3. The van der Waals surface area contributed by atoms with Crippen molar-refractivity contribution in [1.82, 2.24) is 5.32 Å². The van der Waals surface area contributed by atoms with Crippen LogP contribution in [0.2, 0.25) is 0 Å². The molecule has 2 heterocycles. The summed E-state index contributed by atoms with van der Waals surface area (Å²) in [5.41, 5.74) is 0.580. The molecule has 1 N–H and O–H groups in total. The second-order valence-electron chi connectivity index (χ2n) is 4.69. The van der Waals surface area contributed by atoms with E-state index in [2.05, 4.69) is 5.32 Å². The third-order valence-electron chi connectivity index (χ3n) is 3.73. The molecule has 3 atom stereocenters. The molecule has 2 aliphatic heterocycles. The molecule has 3 unspecified atom stereocenters. The molecule has 0 aliphatic carbocycles. The summed E-state index contributed by atoms with van der Waals surface area (Å²) < 4.78 is 39.0. The summed E-state index contributed by atoms with van der Waals surface area (Å²) in [7, 11) is 0. The maximum Gasteiger partial charge on any atom is 0.194 e. The highest BCUT2D eigenvalue weighted by molar-refractivity contribution is 5.27. The van der Waals surface area contributed by atoms with Gasteiger partial charge in [-0.3, -0.25) is 0 Å². The van der Waals surface area contributed by atoms with Crippen LogP contribution in [0.5, 0.6) is 0 Å². The molecule has 3 rings (SSSR count). The van der Waals surface area contributed by atoms with Gasteiger partial charge in [0.15, 0.2) is 17.5 Å². The number of fused-ring (bicyclic) bond motifs is 2. The summed E-state index contributed by atoms with van der Waals surface area (Å²) in [6.45, 7) is 0. The van der Waals surface area contributed by atoms with Gasteiger partial charge in [-0.15, -0.1) is 0 Å². The van der Waals surface area contributed by atoms with E-state index < -0.39 is 17.5 Å². The van der Waals surface area contributed by atoms with Gasteiger partial charge in [0, 0.05) is 18.0 Å². The number of hydrogen-bond acceptors (Lipinski definition) is 1. The lowest BCUT2D eigenvalue weighted by Gasteiger charge is -2.20. The van der Waals surface area contributed by atoms with Gasteiger partial charge in [-0.25, -0.2) is 13.2 Å². The normalized spacial score (nSPS) is 32.3. The summed E-state index contributed by atoms with van der Waals surface area (Å²) in [5, 5.41) is 3.39. The Labute approximate surface area is 91.7 Å². The molecular formula is C12H12F3N. The van der Waals surface area contributed by atoms with E-state index in [0.717, 1.165) is 31.4 Å². The lowest BCUT2D eigenvalue weighted by atomic mass is 9.84. The predicted molar refractivity (Wildman–Crippen MR) is 53.6 cm³/mol. The van der Waals surface area contributed by atoms with E-state index in [4.69, 9.17) is 0 Å². The quantitative estimate of drug-likeness (QED) is 0.727. The molecular weight excluding hydrogens is 215 g/mol. The molecule has 2 bridgehead atoms. The first-order valence-corrected chi connectivity index (χ1v) is 5.55. The van der Waals surface area contributed by atoms with E-state index in [0.29, 0.717) is 17.6 Å². The Hall–Kier alpha value is -1.03. The van der Waals surface area contributed by atoms with Gasteiger partial charge in [-0.2, -0.15) is 0 Å². The van der Waals surface area contributed by atoms with Crippen molar-refractivity contribution in [3.8, 4) is 0 Å². The molecule has 16 heavy (non-hydrogen) atoms. The zero-order chi connectivity index (χ0) is 11.3. The number of benzene rings is 1. The molecule has 2 fully saturated rings. The fourth-order valence-corrected chi connectivity index (χ4v) is 2.98. The average molecular weight is 227 g/mol. The van der Waals surface area contributed by atoms with Crippen molar-refractivity contribution in [1.29, 1.82) is 0 Å². The van der Waals surface area contributed by atoms with E-state index in [1.807, 2.05) is 0 Å². The molecule has 0 radical (unpaired) electrons. The standard InChI is InChI=1S/C12H12F3N/c13-9-3-6(4-10(14)12(9)15)8-5-7-1-2-11(8)16-7/h3-4,7-8,11,16H,1-2,5H2. The molecule has 86 valence electrons. The third-order valence-corrected chi connectivity index (χ3v) is 3.73. The van der Waals surface area contributed by atoms with E-state index in [9.17, 15) is 13.2 Å². The molecule has 1 aromatic carbocycles.